The Morgan fingerprint density at radius 1 is 1.00 bits per heavy atom. The lowest BCUT2D eigenvalue weighted by atomic mass is 10.2. The molecule has 0 amide bonds. The minimum absolute atomic E-state index is 0.499. The van der Waals surface area contributed by atoms with E-state index in [2.05, 4.69) is 36.3 Å². The number of benzene rings is 1. The van der Waals surface area contributed by atoms with Crippen LogP contribution >= 0.6 is 27.7 Å². The van der Waals surface area contributed by atoms with Crippen molar-refractivity contribution in [2.75, 3.05) is 0 Å². The summed E-state index contributed by atoms with van der Waals surface area (Å²) in [5.41, 5.74) is 1.69. The van der Waals surface area contributed by atoms with Gasteiger partial charge in [-0.2, -0.15) is 0 Å². The average molecular weight is 388 g/mol. The van der Waals surface area contributed by atoms with Gasteiger partial charge < -0.3 is 4.42 Å². The topological polar surface area (TPSA) is 69.1 Å². The fourth-order valence-electron chi connectivity index (χ4n) is 2.10. The van der Waals surface area contributed by atoms with E-state index < -0.39 is 0 Å². The zero-order valence-electron chi connectivity index (χ0n) is 11.8. The number of rotatable bonds is 4. The Bertz CT molecular complexity index is 967. The number of fused-ring (bicyclic) bond motifs is 1. The first kappa shape index (κ1) is 14.4. The van der Waals surface area contributed by atoms with Gasteiger partial charge in [0.25, 0.3) is 0 Å². The molecule has 114 valence electrons. The van der Waals surface area contributed by atoms with Gasteiger partial charge in [-0.3, -0.25) is 4.40 Å². The molecule has 0 saturated carbocycles. The normalized spacial score (nSPS) is 11.2. The predicted molar refractivity (Wildman–Crippen MR) is 90.0 cm³/mol. The molecule has 23 heavy (non-hydrogen) atoms. The molecule has 6 nitrogen and oxygen atoms in total. The smallest absolute Gasteiger partial charge is 0.248 e. The highest BCUT2D eigenvalue weighted by Crippen LogP contribution is 2.28. The largest absolute Gasteiger partial charge is 0.420 e. The minimum Gasteiger partial charge on any atom is -0.420 e. The Labute approximate surface area is 144 Å². The molecule has 0 aliphatic heterocycles. The van der Waals surface area contributed by atoms with Gasteiger partial charge >= 0.3 is 0 Å². The van der Waals surface area contributed by atoms with Crippen molar-refractivity contribution >= 4 is 33.3 Å². The van der Waals surface area contributed by atoms with Crippen LogP contribution in [0.25, 0.3) is 17.1 Å². The molecule has 0 unspecified atom stereocenters. The molecule has 0 atom stereocenters. The molecule has 0 spiro atoms. The van der Waals surface area contributed by atoms with E-state index >= 15 is 0 Å². The van der Waals surface area contributed by atoms with E-state index in [0.29, 0.717) is 17.5 Å². The van der Waals surface area contributed by atoms with E-state index in [4.69, 9.17) is 4.42 Å². The standard InChI is InChI=1S/C15H10BrN5OS/c16-11-6-2-1-5-10(11)14-19-18-13(22-14)9-23-15-20-17-12-7-3-4-8-21(12)15/h1-8H,9H2. The van der Waals surface area contributed by atoms with Gasteiger partial charge in [-0.25, -0.2) is 0 Å². The molecule has 0 radical (unpaired) electrons. The van der Waals surface area contributed by atoms with Crippen molar-refractivity contribution in [3.8, 4) is 11.5 Å². The average Bonchev–Trinajstić information content (AvgIpc) is 3.20. The lowest BCUT2D eigenvalue weighted by Crippen LogP contribution is -1.87. The maximum atomic E-state index is 5.73. The molecule has 0 N–H and O–H groups in total. The van der Waals surface area contributed by atoms with Crippen LogP contribution < -0.4 is 0 Å². The summed E-state index contributed by atoms with van der Waals surface area (Å²) in [4.78, 5) is 0. The van der Waals surface area contributed by atoms with Gasteiger partial charge in [0.2, 0.25) is 11.8 Å². The summed E-state index contributed by atoms with van der Waals surface area (Å²) < 4.78 is 8.58. The number of hydrogen-bond acceptors (Lipinski definition) is 6. The van der Waals surface area contributed by atoms with E-state index in [1.165, 1.54) is 11.8 Å². The number of aromatic nitrogens is 5. The van der Waals surface area contributed by atoms with E-state index in [-0.39, 0.29) is 0 Å². The Balaban J connectivity index is 1.53. The van der Waals surface area contributed by atoms with Gasteiger partial charge in [0.1, 0.15) is 0 Å². The SMILES string of the molecule is Brc1ccccc1-c1nnc(CSc2nnc3ccccn23)o1. The lowest BCUT2D eigenvalue weighted by Gasteiger charge is -1.98. The Morgan fingerprint density at radius 2 is 1.87 bits per heavy atom. The quantitative estimate of drug-likeness (QED) is 0.495. The van der Waals surface area contributed by atoms with Crippen molar-refractivity contribution in [2.45, 2.75) is 10.9 Å². The van der Waals surface area contributed by atoms with Gasteiger partial charge in [0.15, 0.2) is 10.8 Å². The summed E-state index contributed by atoms with van der Waals surface area (Å²) in [6, 6.07) is 13.5. The number of halogens is 1. The summed E-state index contributed by atoms with van der Waals surface area (Å²) in [5.74, 6) is 1.58. The third-order valence-corrected chi connectivity index (χ3v) is 4.80. The third kappa shape index (κ3) is 2.87. The zero-order valence-corrected chi connectivity index (χ0v) is 14.2. The van der Waals surface area contributed by atoms with Crippen LogP contribution in [0.3, 0.4) is 0 Å². The van der Waals surface area contributed by atoms with Crippen molar-refractivity contribution < 1.29 is 4.42 Å². The van der Waals surface area contributed by atoms with Crippen LogP contribution in [0, 0.1) is 0 Å². The van der Waals surface area contributed by atoms with E-state index in [1.54, 1.807) is 0 Å². The van der Waals surface area contributed by atoms with Crippen molar-refractivity contribution in [1.82, 2.24) is 24.8 Å². The number of nitrogens with zero attached hydrogens (tertiary/aromatic N) is 5. The van der Waals surface area contributed by atoms with Crippen molar-refractivity contribution in [3.05, 3.63) is 59.0 Å². The molecule has 0 fully saturated rings. The molecule has 0 bridgehead atoms. The summed E-state index contributed by atoms with van der Waals surface area (Å²) in [6.07, 6.45) is 1.93. The number of pyridine rings is 1. The third-order valence-electron chi connectivity index (χ3n) is 3.18. The molecule has 3 heterocycles. The van der Waals surface area contributed by atoms with Crippen LogP contribution in [0.4, 0.5) is 0 Å². The fraction of sp³-hybridized carbons (Fsp3) is 0.0667. The summed E-state index contributed by atoms with van der Waals surface area (Å²) in [6.45, 7) is 0. The van der Waals surface area contributed by atoms with Crippen LogP contribution in [0.2, 0.25) is 0 Å². The molecular weight excluding hydrogens is 378 g/mol. The van der Waals surface area contributed by atoms with E-state index in [9.17, 15) is 0 Å². The number of hydrogen-bond donors (Lipinski definition) is 0. The monoisotopic (exact) mass is 387 g/mol. The van der Waals surface area contributed by atoms with Crippen LogP contribution in [-0.2, 0) is 5.75 Å². The van der Waals surface area contributed by atoms with Crippen LogP contribution in [0.5, 0.6) is 0 Å². The lowest BCUT2D eigenvalue weighted by molar-refractivity contribution is 0.528. The van der Waals surface area contributed by atoms with Gasteiger partial charge in [-0.05, 0) is 40.2 Å². The Morgan fingerprint density at radius 3 is 2.78 bits per heavy atom. The first-order valence-electron chi connectivity index (χ1n) is 6.81. The van der Waals surface area contributed by atoms with Gasteiger partial charge in [0, 0.05) is 10.7 Å². The first-order chi connectivity index (χ1) is 11.3. The van der Waals surface area contributed by atoms with Crippen LogP contribution in [0.15, 0.2) is 62.7 Å². The summed E-state index contributed by atoms with van der Waals surface area (Å²) >= 11 is 4.99. The fourth-order valence-corrected chi connectivity index (χ4v) is 3.32. The maximum Gasteiger partial charge on any atom is 0.248 e. The molecule has 0 saturated heterocycles. The van der Waals surface area contributed by atoms with Gasteiger partial charge in [-0.15, -0.1) is 20.4 Å². The van der Waals surface area contributed by atoms with Gasteiger partial charge in [-0.1, -0.05) is 30.0 Å². The highest BCUT2D eigenvalue weighted by molar-refractivity contribution is 9.10. The van der Waals surface area contributed by atoms with Crippen LogP contribution in [0.1, 0.15) is 5.89 Å². The van der Waals surface area contributed by atoms with Crippen molar-refractivity contribution in [2.24, 2.45) is 0 Å². The predicted octanol–water partition coefficient (Wildman–Crippen LogP) is 3.83. The second-order valence-corrected chi connectivity index (χ2v) is 6.48. The molecule has 3 aromatic heterocycles. The molecule has 8 heteroatoms. The van der Waals surface area contributed by atoms with Crippen molar-refractivity contribution in [1.29, 1.82) is 0 Å². The highest BCUT2D eigenvalue weighted by atomic mass is 79.9. The Kier molecular flexibility index (Phi) is 3.84. The summed E-state index contributed by atoms with van der Waals surface area (Å²) in [5, 5.41) is 17.3. The second-order valence-electron chi connectivity index (χ2n) is 4.68. The van der Waals surface area contributed by atoms with Crippen molar-refractivity contribution in [3.63, 3.8) is 0 Å². The molecule has 0 aliphatic rings. The minimum atomic E-state index is 0.499. The summed E-state index contributed by atoms with van der Waals surface area (Å²) in [7, 11) is 0. The van der Waals surface area contributed by atoms with Gasteiger partial charge in [0.05, 0.1) is 11.3 Å². The molecule has 4 aromatic rings. The molecule has 1 aromatic carbocycles. The van der Waals surface area contributed by atoms with E-state index in [1.807, 2.05) is 53.1 Å². The highest BCUT2D eigenvalue weighted by Gasteiger charge is 2.13. The number of thioether (sulfide) groups is 1. The second kappa shape index (κ2) is 6.13. The van der Waals surface area contributed by atoms with Crippen LogP contribution in [-0.4, -0.2) is 24.8 Å². The molecule has 4 rings (SSSR count). The first-order valence-corrected chi connectivity index (χ1v) is 8.59. The molecular formula is C15H10BrN5OS. The molecule has 0 aliphatic carbocycles. The Hall–Kier alpha value is -2.19. The zero-order chi connectivity index (χ0) is 15.6. The maximum absolute atomic E-state index is 5.73. The van der Waals surface area contributed by atoms with E-state index in [0.717, 1.165) is 20.8 Å².